The molecule has 2 atom stereocenters. The van der Waals surface area contributed by atoms with Gasteiger partial charge in [-0.2, -0.15) is 0 Å². The zero-order valence-electron chi connectivity index (χ0n) is 8.19. The Labute approximate surface area is 75.3 Å². The van der Waals surface area contributed by atoms with Gasteiger partial charge in [-0.25, -0.2) is 0 Å². The van der Waals surface area contributed by atoms with Crippen LogP contribution in [0.1, 0.15) is 26.7 Å². The number of piperazine rings is 1. The molecule has 0 aromatic carbocycles. The van der Waals surface area contributed by atoms with E-state index in [1.165, 1.54) is 12.8 Å². The minimum absolute atomic E-state index is 0.472. The third-order valence-electron chi connectivity index (χ3n) is 2.25. The molecule has 12 heavy (non-hydrogen) atoms. The third-order valence-corrected chi connectivity index (χ3v) is 2.25. The first-order chi connectivity index (χ1) is 5.83. The van der Waals surface area contributed by atoms with Crippen LogP contribution in [-0.2, 0) is 0 Å². The molecule has 0 aromatic rings. The third kappa shape index (κ3) is 3.52. The summed E-state index contributed by atoms with van der Waals surface area (Å²) in [6, 6.07) is 0.632. The van der Waals surface area contributed by atoms with E-state index in [2.05, 4.69) is 29.8 Å². The number of hydrogen-bond acceptors (Lipinski definition) is 3. The molecule has 0 amide bonds. The second-order valence-corrected chi connectivity index (χ2v) is 3.57. The Hall–Kier alpha value is -0.120. The molecule has 2 unspecified atom stereocenters. The molecule has 1 aliphatic rings. The van der Waals surface area contributed by atoms with Gasteiger partial charge in [-0.05, 0) is 13.3 Å². The number of nitrogens with one attached hydrogen (secondary N) is 3. The quantitative estimate of drug-likeness (QED) is 0.569. The highest BCUT2D eigenvalue weighted by Gasteiger charge is 2.12. The Morgan fingerprint density at radius 1 is 1.50 bits per heavy atom. The minimum atomic E-state index is 0.472. The van der Waals surface area contributed by atoms with Gasteiger partial charge in [0.2, 0.25) is 0 Å². The maximum Gasteiger partial charge on any atom is 0.0702 e. The Morgan fingerprint density at radius 3 is 2.92 bits per heavy atom. The highest BCUT2D eigenvalue weighted by atomic mass is 15.2. The van der Waals surface area contributed by atoms with E-state index in [0.717, 1.165) is 19.6 Å². The lowest BCUT2D eigenvalue weighted by molar-refractivity contribution is 0.324. The van der Waals surface area contributed by atoms with Crippen molar-refractivity contribution in [3.8, 4) is 0 Å². The predicted octanol–water partition coefficient (Wildman–Crippen LogP) is 0.284. The largest absolute Gasteiger partial charge is 0.313 e. The molecule has 3 heteroatoms. The van der Waals surface area contributed by atoms with Gasteiger partial charge in [-0.1, -0.05) is 13.3 Å². The Kier molecular flexibility index (Phi) is 4.58. The zero-order valence-corrected chi connectivity index (χ0v) is 8.19. The summed E-state index contributed by atoms with van der Waals surface area (Å²) in [5.74, 6) is 0. The molecule has 1 heterocycles. The summed E-state index contributed by atoms with van der Waals surface area (Å²) in [6.07, 6.45) is 2.99. The second kappa shape index (κ2) is 5.51. The molecular weight excluding hydrogens is 150 g/mol. The SMILES string of the molecule is CCCC(C)NC1CNCCN1. The summed E-state index contributed by atoms with van der Waals surface area (Å²) in [4.78, 5) is 0. The Bertz CT molecular complexity index is 110. The fourth-order valence-corrected chi connectivity index (χ4v) is 1.63. The normalized spacial score (nSPS) is 27.0. The number of rotatable bonds is 4. The van der Waals surface area contributed by atoms with E-state index in [-0.39, 0.29) is 0 Å². The van der Waals surface area contributed by atoms with Crippen LogP contribution in [0, 0.1) is 0 Å². The fourth-order valence-electron chi connectivity index (χ4n) is 1.63. The van der Waals surface area contributed by atoms with E-state index in [1.54, 1.807) is 0 Å². The Morgan fingerprint density at radius 2 is 2.33 bits per heavy atom. The van der Waals surface area contributed by atoms with Crippen molar-refractivity contribution in [3.63, 3.8) is 0 Å². The van der Waals surface area contributed by atoms with E-state index in [4.69, 9.17) is 0 Å². The van der Waals surface area contributed by atoms with Gasteiger partial charge in [-0.3, -0.25) is 10.6 Å². The highest BCUT2D eigenvalue weighted by molar-refractivity contribution is 4.75. The number of hydrogen-bond donors (Lipinski definition) is 3. The van der Waals surface area contributed by atoms with Crippen LogP contribution < -0.4 is 16.0 Å². The molecule has 3 N–H and O–H groups in total. The molecular formula is C9H21N3. The second-order valence-electron chi connectivity index (χ2n) is 3.57. The van der Waals surface area contributed by atoms with Gasteiger partial charge in [0.15, 0.2) is 0 Å². The van der Waals surface area contributed by atoms with Crippen molar-refractivity contribution in [2.24, 2.45) is 0 Å². The predicted molar refractivity (Wildman–Crippen MR) is 52.2 cm³/mol. The summed E-state index contributed by atoms with van der Waals surface area (Å²) < 4.78 is 0. The minimum Gasteiger partial charge on any atom is -0.313 e. The lowest BCUT2D eigenvalue weighted by atomic mass is 10.2. The zero-order chi connectivity index (χ0) is 8.81. The van der Waals surface area contributed by atoms with Crippen molar-refractivity contribution in [2.45, 2.75) is 38.9 Å². The summed E-state index contributed by atoms with van der Waals surface area (Å²) in [5.41, 5.74) is 0. The molecule has 0 radical (unpaired) electrons. The van der Waals surface area contributed by atoms with Gasteiger partial charge < -0.3 is 5.32 Å². The maximum absolute atomic E-state index is 3.55. The molecule has 3 nitrogen and oxygen atoms in total. The summed E-state index contributed by atoms with van der Waals surface area (Å²) in [5, 5.41) is 10.3. The van der Waals surface area contributed by atoms with E-state index in [9.17, 15) is 0 Å². The van der Waals surface area contributed by atoms with Crippen LogP contribution in [0.4, 0.5) is 0 Å². The molecule has 0 spiro atoms. The van der Waals surface area contributed by atoms with Gasteiger partial charge >= 0.3 is 0 Å². The van der Waals surface area contributed by atoms with Crippen LogP contribution in [-0.4, -0.2) is 31.8 Å². The van der Waals surface area contributed by atoms with Gasteiger partial charge in [0.1, 0.15) is 0 Å². The monoisotopic (exact) mass is 171 g/mol. The van der Waals surface area contributed by atoms with Gasteiger partial charge in [0.05, 0.1) is 6.17 Å². The molecule has 0 bridgehead atoms. The fraction of sp³-hybridized carbons (Fsp3) is 1.00. The first kappa shape index (κ1) is 9.96. The van der Waals surface area contributed by atoms with Crippen molar-refractivity contribution in [2.75, 3.05) is 19.6 Å². The molecule has 0 aliphatic carbocycles. The molecule has 0 aromatic heterocycles. The maximum atomic E-state index is 3.55. The van der Waals surface area contributed by atoms with Crippen molar-refractivity contribution < 1.29 is 0 Å². The van der Waals surface area contributed by atoms with Gasteiger partial charge in [0, 0.05) is 25.7 Å². The van der Waals surface area contributed by atoms with Crippen LogP contribution in [0.2, 0.25) is 0 Å². The first-order valence-electron chi connectivity index (χ1n) is 5.03. The molecule has 72 valence electrons. The van der Waals surface area contributed by atoms with E-state index < -0.39 is 0 Å². The van der Waals surface area contributed by atoms with Crippen molar-refractivity contribution in [1.82, 2.24) is 16.0 Å². The lowest BCUT2D eigenvalue weighted by Gasteiger charge is -2.28. The van der Waals surface area contributed by atoms with E-state index in [0.29, 0.717) is 12.2 Å². The topological polar surface area (TPSA) is 36.1 Å². The van der Waals surface area contributed by atoms with Gasteiger partial charge in [0.25, 0.3) is 0 Å². The standard InChI is InChI=1S/C9H21N3/c1-3-4-8(2)12-9-7-10-5-6-11-9/h8-12H,3-7H2,1-2H3. The summed E-state index contributed by atoms with van der Waals surface area (Å²) in [7, 11) is 0. The Balaban J connectivity index is 2.11. The van der Waals surface area contributed by atoms with Crippen LogP contribution in [0.25, 0.3) is 0 Å². The molecule has 1 saturated heterocycles. The lowest BCUT2D eigenvalue weighted by Crippen LogP contribution is -2.57. The molecule has 1 rings (SSSR count). The average molecular weight is 171 g/mol. The van der Waals surface area contributed by atoms with Crippen molar-refractivity contribution >= 4 is 0 Å². The van der Waals surface area contributed by atoms with Gasteiger partial charge in [-0.15, -0.1) is 0 Å². The molecule has 0 saturated carbocycles. The smallest absolute Gasteiger partial charge is 0.0702 e. The average Bonchev–Trinajstić information content (AvgIpc) is 2.06. The van der Waals surface area contributed by atoms with Crippen molar-refractivity contribution in [1.29, 1.82) is 0 Å². The van der Waals surface area contributed by atoms with E-state index >= 15 is 0 Å². The summed E-state index contributed by atoms with van der Waals surface area (Å²) in [6.45, 7) is 7.70. The first-order valence-corrected chi connectivity index (χ1v) is 5.03. The molecule has 1 aliphatic heterocycles. The van der Waals surface area contributed by atoms with Crippen molar-refractivity contribution in [3.05, 3.63) is 0 Å². The van der Waals surface area contributed by atoms with Crippen LogP contribution in [0.15, 0.2) is 0 Å². The van der Waals surface area contributed by atoms with E-state index in [1.807, 2.05) is 0 Å². The van der Waals surface area contributed by atoms with Crippen LogP contribution >= 0.6 is 0 Å². The van der Waals surface area contributed by atoms with Crippen LogP contribution in [0.5, 0.6) is 0 Å². The van der Waals surface area contributed by atoms with Crippen LogP contribution in [0.3, 0.4) is 0 Å². The summed E-state index contributed by atoms with van der Waals surface area (Å²) >= 11 is 0. The highest BCUT2D eigenvalue weighted by Crippen LogP contribution is 1.96. The molecule has 1 fully saturated rings.